The molecule has 0 heterocycles. The zero-order chi connectivity index (χ0) is 17.2. The summed E-state index contributed by atoms with van der Waals surface area (Å²) in [4.78, 5) is 15.3. The van der Waals surface area contributed by atoms with Gasteiger partial charge in [0.15, 0.2) is 5.96 Å². The van der Waals surface area contributed by atoms with Crippen LogP contribution in [0.15, 0.2) is 59.6 Å². The number of benzene rings is 2. The summed E-state index contributed by atoms with van der Waals surface area (Å²) < 4.78 is 0. The van der Waals surface area contributed by atoms with Gasteiger partial charge < -0.3 is 16.4 Å². The predicted octanol–water partition coefficient (Wildman–Crippen LogP) is 2.70. The number of amides is 1. The molecular formula is C19H25IN4O. The molecule has 2 aromatic carbocycles. The fourth-order valence-corrected chi connectivity index (χ4v) is 2.34. The summed E-state index contributed by atoms with van der Waals surface area (Å²) in [5, 5.41) is 6.56. The van der Waals surface area contributed by atoms with Crippen molar-refractivity contribution in [2.75, 3.05) is 13.6 Å². The fourth-order valence-electron chi connectivity index (χ4n) is 2.34. The number of primary amides is 1. The highest BCUT2D eigenvalue weighted by Crippen LogP contribution is 2.04. The van der Waals surface area contributed by atoms with E-state index in [1.165, 1.54) is 5.56 Å². The minimum absolute atomic E-state index is 0. The number of hydrogen-bond donors (Lipinski definition) is 3. The summed E-state index contributed by atoms with van der Waals surface area (Å²) in [7, 11) is 1.75. The average Bonchev–Trinajstić information content (AvgIpc) is 2.62. The van der Waals surface area contributed by atoms with Gasteiger partial charge in [0, 0.05) is 25.7 Å². The monoisotopic (exact) mass is 452 g/mol. The van der Waals surface area contributed by atoms with Gasteiger partial charge in [-0.2, -0.15) is 0 Å². The van der Waals surface area contributed by atoms with Gasteiger partial charge in [0.1, 0.15) is 0 Å². The molecule has 0 aliphatic heterocycles. The van der Waals surface area contributed by atoms with E-state index < -0.39 is 5.91 Å². The van der Waals surface area contributed by atoms with Crippen LogP contribution in [0.5, 0.6) is 0 Å². The van der Waals surface area contributed by atoms with E-state index in [0.717, 1.165) is 30.9 Å². The topological polar surface area (TPSA) is 79.5 Å². The normalized spacial score (nSPS) is 10.7. The Bertz CT molecular complexity index is 672. The molecule has 0 aliphatic carbocycles. The van der Waals surface area contributed by atoms with E-state index in [4.69, 9.17) is 5.73 Å². The number of rotatable bonds is 7. The molecule has 0 unspecified atom stereocenters. The van der Waals surface area contributed by atoms with Crippen LogP contribution in [-0.4, -0.2) is 25.5 Å². The second-order valence-electron chi connectivity index (χ2n) is 5.50. The summed E-state index contributed by atoms with van der Waals surface area (Å²) in [5.41, 5.74) is 8.16. The Kier molecular flexibility index (Phi) is 9.61. The molecule has 25 heavy (non-hydrogen) atoms. The predicted molar refractivity (Wildman–Crippen MR) is 113 cm³/mol. The van der Waals surface area contributed by atoms with E-state index in [1.807, 2.05) is 18.2 Å². The quantitative estimate of drug-likeness (QED) is 0.262. The molecule has 6 heteroatoms. The van der Waals surface area contributed by atoms with Gasteiger partial charge in [-0.15, -0.1) is 24.0 Å². The van der Waals surface area contributed by atoms with Crippen LogP contribution in [0.2, 0.25) is 0 Å². The van der Waals surface area contributed by atoms with E-state index in [-0.39, 0.29) is 24.0 Å². The van der Waals surface area contributed by atoms with Crippen molar-refractivity contribution in [3.63, 3.8) is 0 Å². The second kappa shape index (κ2) is 11.5. The van der Waals surface area contributed by atoms with Crippen LogP contribution in [0, 0.1) is 0 Å². The maximum atomic E-state index is 11.1. The standard InChI is InChI=1S/C19H24N4O.HI/c1-21-19(22-13-5-8-15-6-3-2-4-7-15)23-14-16-9-11-17(12-10-16)18(20)24;/h2-4,6-7,9-12H,5,8,13-14H2,1H3,(H2,20,24)(H2,21,22,23);1H. The maximum absolute atomic E-state index is 11.1. The maximum Gasteiger partial charge on any atom is 0.248 e. The van der Waals surface area contributed by atoms with Gasteiger partial charge in [-0.1, -0.05) is 42.5 Å². The molecule has 0 radical (unpaired) electrons. The van der Waals surface area contributed by atoms with Gasteiger partial charge in [0.05, 0.1) is 0 Å². The summed E-state index contributed by atoms with van der Waals surface area (Å²) in [6.07, 6.45) is 2.08. The molecule has 4 N–H and O–H groups in total. The number of hydrogen-bond acceptors (Lipinski definition) is 2. The highest BCUT2D eigenvalue weighted by Gasteiger charge is 2.01. The van der Waals surface area contributed by atoms with Crippen molar-refractivity contribution in [1.82, 2.24) is 10.6 Å². The minimum atomic E-state index is -0.412. The van der Waals surface area contributed by atoms with Gasteiger partial charge in [0.25, 0.3) is 0 Å². The first-order valence-corrected chi connectivity index (χ1v) is 8.06. The number of carbonyl (C=O) groups excluding carboxylic acids is 1. The largest absolute Gasteiger partial charge is 0.366 e. The number of nitrogens with one attached hydrogen (secondary N) is 2. The van der Waals surface area contributed by atoms with Gasteiger partial charge in [0.2, 0.25) is 5.91 Å². The van der Waals surface area contributed by atoms with Crippen LogP contribution in [0.25, 0.3) is 0 Å². The number of aryl methyl sites for hydroxylation is 1. The molecule has 5 nitrogen and oxygen atoms in total. The Morgan fingerprint density at radius 1 is 1.00 bits per heavy atom. The third-order valence-corrected chi connectivity index (χ3v) is 3.70. The Labute approximate surface area is 166 Å². The molecule has 0 atom stereocenters. The fraction of sp³-hybridized carbons (Fsp3) is 0.263. The lowest BCUT2D eigenvalue weighted by atomic mass is 10.1. The average molecular weight is 452 g/mol. The number of halogens is 1. The third-order valence-electron chi connectivity index (χ3n) is 3.70. The van der Waals surface area contributed by atoms with Crippen LogP contribution in [0.1, 0.15) is 27.9 Å². The molecule has 2 rings (SSSR count). The number of aliphatic imine (C=N–C) groups is 1. The third kappa shape index (κ3) is 7.55. The zero-order valence-corrected chi connectivity index (χ0v) is 16.7. The van der Waals surface area contributed by atoms with Crippen molar-refractivity contribution < 1.29 is 4.79 Å². The number of guanidine groups is 1. The minimum Gasteiger partial charge on any atom is -0.366 e. The molecular weight excluding hydrogens is 427 g/mol. The van der Waals surface area contributed by atoms with Gasteiger partial charge in [-0.25, -0.2) is 0 Å². The molecule has 0 aromatic heterocycles. The molecule has 0 spiro atoms. The highest BCUT2D eigenvalue weighted by molar-refractivity contribution is 14.0. The Balaban J connectivity index is 0.00000312. The van der Waals surface area contributed by atoms with Crippen LogP contribution >= 0.6 is 24.0 Å². The first-order valence-electron chi connectivity index (χ1n) is 8.06. The molecule has 1 amide bonds. The second-order valence-corrected chi connectivity index (χ2v) is 5.50. The Morgan fingerprint density at radius 3 is 2.28 bits per heavy atom. The van der Waals surface area contributed by atoms with Crippen molar-refractivity contribution >= 4 is 35.8 Å². The summed E-state index contributed by atoms with van der Waals surface area (Å²) in [5.74, 6) is 0.354. The van der Waals surface area contributed by atoms with Crippen molar-refractivity contribution in [2.24, 2.45) is 10.7 Å². The van der Waals surface area contributed by atoms with E-state index in [1.54, 1.807) is 19.2 Å². The van der Waals surface area contributed by atoms with E-state index in [0.29, 0.717) is 12.1 Å². The van der Waals surface area contributed by atoms with Gasteiger partial charge in [-0.3, -0.25) is 9.79 Å². The van der Waals surface area contributed by atoms with E-state index in [2.05, 4.69) is 39.9 Å². The molecule has 0 bridgehead atoms. The molecule has 0 saturated carbocycles. The zero-order valence-electron chi connectivity index (χ0n) is 14.4. The number of carbonyl (C=O) groups is 1. The van der Waals surface area contributed by atoms with Crippen molar-refractivity contribution in [3.8, 4) is 0 Å². The van der Waals surface area contributed by atoms with Crippen LogP contribution in [0.3, 0.4) is 0 Å². The summed E-state index contributed by atoms with van der Waals surface area (Å²) in [6.45, 7) is 1.49. The van der Waals surface area contributed by atoms with Crippen molar-refractivity contribution in [1.29, 1.82) is 0 Å². The van der Waals surface area contributed by atoms with Gasteiger partial charge >= 0.3 is 0 Å². The molecule has 134 valence electrons. The summed E-state index contributed by atoms with van der Waals surface area (Å²) in [6, 6.07) is 17.7. The molecule has 2 aromatic rings. The first kappa shape index (κ1) is 21.0. The van der Waals surface area contributed by atoms with Crippen LogP contribution in [0.4, 0.5) is 0 Å². The lowest BCUT2D eigenvalue weighted by Crippen LogP contribution is -2.37. The summed E-state index contributed by atoms with van der Waals surface area (Å²) >= 11 is 0. The SMILES string of the molecule is CN=C(NCCCc1ccccc1)NCc1ccc(C(N)=O)cc1.I. The molecule has 0 fully saturated rings. The van der Waals surface area contributed by atoms with Crippen molar-refractivity contribution in [2.45, 2.75) is 19.4 Å². The van der Waals surface area contributed by atoms with E-state index in [9.17, 15) is 4.79 Å². The highest BCUT2D eigenvalue weighted by atomic mass is 127. The molecule has 0 saturated heterocycles. The smallest absolute Gasteiger partial charge is 0.248 e. The van der Waals surface area contributed by atoms with Crippen LogP contribution in [-0.2, 0) is 13.0 Å². The lowest BCUT2D eigenvalue weighted by molar-refractivity contribution is 0.100. The number of nitrogens with two attached hydrogens (primary N) is 1. The lowest BCUT2D eigenvalue weighted by Gasteiger charge is -2.12. The van der Waals surface area contributed by atoms with Gasteiger partial charge in [-0.05, 0) is 36.1 Å². The first-order chi connectivity index (χ1) is 11.7. The Morgan fingerprint density at radius 2 is 1.68 bits per heavy atom. The Hall–Kier alpha value is -2.09. The number of nitrogens with zero attached hydrogens (tertiary/aromatic N) is 1. The van der Waals surface area contributed by atoms with Crippen molar-refractivity contribution in [3.05, 3.63) is 71.3 Å². The molecule has 0 aliphatic rings. The van der Waals surface area contributed by atoms with Crippen LogP contribution < -0.4 is 16.4 Å². The van der Waals surface area contributed by atoms with E-state index >= 15 is 0 Å².